The van der Waals surface area contributed by atoms with E-state index in [0.717, 1.165) is 18.3 Å². The lowest BCUT2D eigenvalue weighted by Crippen LogP contribution is -2.47. The largest absolute Gasteiger partial charge is 0.498 e. The first-order valence-corrected chi connectivity index (χ1v) is 9.61. The van der Waals surface area contributed by atoms with Gasteiger partial charge in [0, 0.05) is 36.5 Å². The van der Waals surface area contributed by atoms with Gasteiger partial charge in [-0.1, -0.05) is 12.8 Å². The summed E-state index contributed by atoms with van der Waals surface area (Å²) in [6, 6.07) is 0.611. The van der Waals surface area contributed by atoms with Crippen molar-refractivity contribution in [2.45, 2.75) is 76.7 Å². The fraction of sp³-hybridized carbons (Fsp3) is 0.778. The van der Waals surface area contributed by atoms with E-state index in [9.17, 15) is 0 Å². The predicted molar refractivity (Wildman–Crippen MR) is 103 cm³/mol. The molecule has 1 aliphatic heterocycles. The van der Waals surface area contributed by atoms with Gasteiger partial charge in [0.15, 0.2) is 0 Å². The Morgan fingerprint density at radius 3 is 2.23 bits per heavy atom. The van der Waals surface area contributed by atoms with Crippen molar-refractivity contribution in [3.05, 3.63) is 12.4 Å². The summed E-state index contributed by atoms with van der Waals surface area (Å²) in [6.45, 7) is 8.91. The smallest absolute Gasteiger partial charge is 0.399 e. The summed E-state index contributed by atoms with van der Waals surface area (Å²) in [5.74, 6) is 0.618. The topological polar surface area (TPSA) is 88.5 Å². The highest BCUT2D eigenvalue weighted by Crippen LogP contribution is 2.36. The first-order valence-electron chi connectivity index (χ1n) is 9.61. The van der Waals surface area contributed by atoms with Gasteiger partial charge in [0.2, 0.25) is 5.95 Å². The van der Waals surface area contributed by atoms with Crippen LogP contribution in [0.4, 0.5) is 5.95 Å². The third-order valence-corrected chi connectivity index (χ3v) is 5.80. The third-order valence-electron chi connectivity index (χ3n) is 5.80. The normalized spacial score (nSPS) is 27.5. The molecule has 1 aromatic heterocycles. The molecule has 1 aromatic rings. The minimum Gasteiger partial charge on any atom is -0.399 e. The van der Waals surface area contributed by atoms with E-state index in [-0.39, 0.29) is 23.9 Å². The molecule has 0 amide bonds. The number of anilines is 1. The number of aliphatic hydroxyl groups excluding tert-OH is 1. The molecule has 1 saturated carbocycles. The quantitative estimate of drug-likeness (QED) is 0.653. The van der Waals surface area contributed by atoms with Gasteiger partial charge in [0.05, 0.1) is 17.8 Å². The standard InChI is InChI=1S/C18H31BN4O3/c1-17(2)18(3,4)26-19(25-17)13-11-21-16(22-12-13)23-15-8-6-5-7-14(15)20-9-10-24/h11-12,14-15,20,24H,5-10H2,1-4H3,(H,21,22,23)/t14-,15+/m1/s1. The predicted octanol–water partition coefficient (Wildman–Crippen LogP) is 1.08. The summed E-state index contributed by atoms with van der Waals surface area (Å²) in [5, 5.41) is 15.9. The fourth-order valence-corrected chi connectivity index (χ4v) is 3.48. The monoisotopic (exact) mass is 362 g/mol. The fourth-order valence-electron chi connectivity index (χ4n) is 3.48. The van der Waals surface area contributed by atoms with Gasteiger partial charge in [-0.3, -0.25) is 0 Å². The van der Waals surface area contributed by atoms with E-state index in [0.29, 0.717) is 18.5 Å². The Labute approximate surface area is 156 Å². The van der Waals surface area contributed by atoms with Crippen LogP contribution in [0.15, 0.2) is 12.4 Å². The molecule has 7 nitrogen and oxygen atoms in total. The van der Waals surface area contributed by atoms with Crippen LogP contribution in [0.1, 0.15) is 53.4 Å². The van der Waals surface area contributed by atoms with Crippen LogP contribution in [0.25, 0.3) is 0 Å². The summed E-state index contributed by atoms with van der Waals surface area (Å²) in [5.41, 5.74) is 0.0812. The van der Waals surface area contributed by atoms with E-state index >= 15 is 0 Å². The average molecular weight is 362 g/mol. The second-order valence-corrected chi connectivity index (χ2v) is 8.25. The molecule has 0 spiro atoms. The Morgan fingerprint density at radius 1 is 1.08 bits per heavy atom. The van der Waals surface area contributed by atoms with Gasteiger partial charge in [-0.15, -0.1) is 0 Å². The number of hydrogen-bond donors (Lipinski definition) is 3. The SMILES string of the molecule is CC1(C)OB(c2cnc(N[C@H]3CCCC[C@H]3NCCO)nc2)OC1(C)C. The summed E-state index contributed by atoms with van der Waals surface area (Å²) >= 11 is 0. The maximum Gasteiger partial charge on any atom is 0.498 e. The molecule has 2 aliphatic rings. The van der Waals surface area contributed by atoms with Crippen LogP contribution >= 0.6 is 0 Å². The summed E-state index contributed by atoms with van der Waals surface area (Å²) in [4.78, 5) is 8.94. The Morgan fingerprint density at radius 2 is 1.65 bits per heavy atom. The molecule has 2 fully saturated rings. The molecule has 2 atom stereocenters. The summed E-state index contributed by atoms with van der Waals surface area (Å²) in [7, 11) is -0.442. The van der Waals surface area contributed by atoms with Crippen LogP contribution in [0.5, 0.6) is 0 Å². The lowest BCUT2D eigenvalue weighted by Gasteiger charge is -2.32. The van der Waals surface area contributed by atoms with E-state index in [1.54, 1.807) is 12.4 Å². The first kappa shape index (κ1) is 19.5. The summed E-state index contributed by atoms with van der Waals surface area (Å²) in [6.07, 6.45) is 8.13. The van der Waals surface area contributed by atoms with Gasteiger partial charge in [-0.05, 0) is 40.5 Å². The van der Waals surface area contributed by atoms with E-state index < -0.39 is 7.12 Å². The van der Waals surface area contributed by atoms with Gasteiger partial charge in [-0.2, -0.15) is 0 Å². The van der Waals surface area contributed by atoms with E-state index in [2.05, 4.69) is 20.6 Å². The van der Waals surface area contributed by atoms with Crippen molar-refractivity contribution in [1.29, 1.82) is 0 Å². The van der Waals surface area contributed by atoms with Gasteiger partial charge in [-0.25, -0.2) is 9.97 Å². The van der Waals surface area contributed by atoms with E-state index in [1.165, 1.54) is 12.8 Å². The Bertz CT molecular complexity index is 581. The molecular weight excluding hydrogens is 331 g/mol. The Balaban J connectivity index is 1.63. The van der Waals surface area contributed by atoms with Crippen molar-refractivity contribution < 1.29 is 14.4 Å². The van der Waals surface area contributed by atoms with E-state index in [1.807, 2.05) is 27.7 Å². The molecule has 0 aromatic carbocycles. The van der Waals surface area contributed by atoms with Crippen LogP contribution in [0.2, 0.25) is 0 Å². The molecule has 3 N–H and O–H groups in total. The van der Waals surface area contributed by atoms with Gasteiger partial charge < -0.3 is 25.0 Å². The molecule has 2 heterocycles. The zero-order chi connectivity index (χ0) is 18.8. The Hall–Kier alpha value is -1.22. The van der Waals surface area contributed by atoms with Crippen molar-refractivity contribution in [3.63, 3.8) is 0 Å². The van der Waals surface area contributed by atoms with Crippen LogP contribution in [0, 0.1) is 0 Å². The van der Waals surface area contributed by atoms with Crippen molar-refractivity contribution >= 4 is 18.5 Å². The minimum atomic E-state index is -0.442. The molecule has 3 rings (SSSR count). The lowest BCUT2D eigenvalue weighted by molar-refractivity contribution is 0.00578. The molecular formula is C18H31BN4O3. The Kier molecular flexibility index (Phi) is 5.86. The second-order valence-electron chi connectivity index (χ2n) is 8.25. The summed E-state index contributed by atoms with van der Waals surface area (Å²) < 4.78 is 12.1. The number of nitrogens with zero attached hydrogens (tertiary/aromatic N) is 2. The van der Waals surface area contributed by atoms with Crippen molar-refractivity contribution in [2.75, 3.05) is 18.5 Å². The molecule has 0 bridgehead atoms. The van der Waals surface area contributed by atoms with E-state index in [4.69, 9.17) is 14.4 Å². The lowest BCUT2D eigenvalue weighted by atomic mass is 9.81. The number of nitrogens with one attached hydrogen (secondary N) is 2. The molecule has 1 saturated heterocycles. The van der Waals surface area contributed by atoms with Crippen LogP contribution in [-0.2, 0) is 9.31 Å². The highest BCUT2D eigenvalue weighted by Gasteiger charge is 2.51. The molecule has 8 heteroatoms. The van der Waals surface area contributed by atoms with Gasteiger partial charge in [0.1, 0.15) is 0 Å². The minimum absolute atomic E-state index is 0.155. The number of aromatic nitrogens is 2. The maximum absolute atomic E-state index is 9.05. The maximum atomic E-state index is 9.05. The first-order chi connectivity index (χ1) is 12.3. The average Bonchev–Trinajstić information content (AvgIpc) is 2.82. The molecule has 144 valence electrons. The zero-order valence-corrected chi connectivity index (χ0v) is 16.3. The molecule has 26 heavy (non-hydrogen) atoms. The number of rotatable bonds is 6. The van der Waals surface area contributed by atoms with Crippen molar-refractivity contribution in [2.24, 2.45) is 0 Å². The second kappa shape index (κ2) is 7.80. The highest BCUT2D eigenvalue weighted by molar-refractivity contribution is 6.61. The van der Waals surface area contributed by atoms with Crippen LogP contribution in [0.3, 0.4) is 0 Å². The van der Waals surface area contributed by atoms with Crippen molar-refractivity contribution in [1.82, 2.24) is 15.3 Å². The molecule has 1 aliphatic carbocycles. The van der Waals surface area contributed by atoms with Crippen molar-refractivity contribution in [3.8, 4) is 0 Å². The highest BCUT2D eigenvalue weighted by atomic mass is 16.7. The van der Waals surface area contributed by atoms with Crippen LogP contribution in [-0.4, -0.2) is 58.6 Å². The zero-order valence-electron chi connectivity index (χ0n) is 16.3. The van der Waals surface area contributed by atoms with Gasteiger partial charge >= 0.3 is 7.12 Å². The van der Waals surface area contributed by atoms with Gasteiger partial charge in [0.25, 0.3) is 0 Å². The molecule has 0 unspecified atom stereocenters. The number of hydrogen-bond acceptors (Lipinski definition) is 7. The van der Waals surface area contributed by atoms with Crippen LogP contribution < -0.4 is 16.1 Å². The molecule has 0 radical (unpaired) electrons. The number of aliphatic hydroxyl groups is 1. The third kappa shape index (κ3) is 4.19.